The Labute approximate surface area is 235 Å². The maximum Gasteiger partial charge on any atom is 0.227 e. The van der Waals surface area contributed by atoms with Gasteiger partial charge < -0.3 is 15.0 Å². The van der Waals surface area contributed by atoms with Gasteiger partial charge in [-0.05, 0) is 60.4 Å². The van der Waals surface area contributed by atoms with E-state index in [1.165, 1.54) is 19.2 Å². The number of hydrogen-bond donors (Lipinski definition) is 3. The Morgan fingerprint density at radius 2 is 1.83 bits per heavy atom. The lowest BCUT2D eigenvalue weighted by Crippen LogP contribution is -2.20. The normalized spacial score (nSPS) is 13.7. The summed E-state index contributed by atoms with van der Waals surface area (Å²) >= 11 is 0. The van der Waals surface area contributed by atoms with Crippen LogP contribution < -0.4 is 10.1 Å². The number of carbonyl (C=O) groups is 1. The molecule has 1 fully saturated rings. The molecule has 3 N–H and O–H groups in total. The molecule has 41 heavy (non-hydrogen) atoms. The Bertz CT molecular complexity index is 1920. The molecule has 4 aromatic heterocycles. The van der Waals surface area contributed by atoms with Crippen molar-refractivity contribution < 1.29 is 13.9 Å². The van der Waals surface area contributed by atoms with Crippen molar-refractivity contribution >= 4 is 33.5 Å². The molecule has 2 aromatic carbocycles. The van der Waals surface area contributed by atoms with E-state index in [0.717, 1.165) is 75.6 Å². The lowest BCUT2D eigenvalue weighted by molar-refractivity contribution is -0.119. The molecule has 1 aliphatic carbocycles. The topological polar surface area (TPSA) is 109 Å². The SMILES string of the molecule is COc1cc(F)cc(-c2cccc3[nH]c(-c4[nH]nc5ncc(-c6cncc(NC(=O)C7CCCC7)c6)cc45)cc23)c1. The fourth-order valence-electron chi connectivity index (χ4n) is 5.74. The quantitative estimate of drug-likeness (QED) is 0.206. The Morgan fingerprint density at radius 1 is 0.976 bits per heavy atom. The highest BCUT2D eigenvalue weighted by atomic mass is 19.1. The molecule has 6 aromatic rings. The summed E-state index contributed by atoms with van der Waals surface area (Å²) in [6, 6.07) is 16.5. The number of rotatable bonds is 6. The lowest BCUT2D eigenvalue weighted by atomic mass is 10.0. The highest BCUT2D eigenvalue weighted by Crippen LogP contribution is 2.36. The van der Waals surface area contributed by atoms with Gasteiger partial charge >= 0.3 is 0 Å². The first-order valence-electron chi connectivity index (χ1n) is 13.6. The van der Waals surface area contributed by atoms with Gasteiger partial charge in [-0.2, -0.15) is 5.10 Å². The number of nitrogens with zero attached hydrogens (tertiary/aromatic N) is 3. The summed E-state index contributed by atoms with van der Waals surface area (Å²) in [5, 5.41) is 12.4. The summed E-state index contributed by atoms with van der Waals surface area (Å²) in [5.74, 6) is 0.233. The molecule has 7 rings (SSSR count). The number of fused-ring (bicyclic) bond motifs is 2. The average molecular weight is 547 g/mol. The second kappa shape index (κ2) is 10.2. The maximum atomic E-state index is 14.3. The van der Waals surface area contributed by atoms with E-state index < -0.39 is 0 Å². The minimum atomic E-state index is -0.359. The standard InChI is InChI=1S/C32H27FN6O2/c1-41-24-11-19(9-22(33)13-24)25-7-4-8-28-26(25)14-29(37-28)30-27-12-21(16-35-31(27)39-38-30)20-10-23(17-34-15-20)36-32(40)18-5-2-3-6-18/h4,7-18,37H,2-3,5-6H2,1H3,(H,36,40)(H,35,38,39). The van der Waals surface area contributed by atoms with Crippen LogP contribution in [0.25, 0.3) is 55.6 Å². The van der Waals surface area contributed by atoms with Gasteiger partial charge in [0.05, 0.1) is 30.4 Å². The Hall–Kier alpha value is -5.05. The molecule has 0 atom stereocenters. The van der Waals surface area contributed by atoms with Crippen molar-refractivity contribution in [2.45, 2.75) is 25.7 Å². The third-order valence-corrected chi connectivity index (χ3v) is 7.83. The van der Waals surface area contributed by atoms with E-state index >= 15 is 0 Å². The van der Waals surface area contributed by atoms with Gasteiger partial charge in [0.15, 0.2) is 5.65 Å². The number of halogens is 1. The summed E-state index contributed by atoms with van der Waals surface area (Å²) in [6.07, 6.45) is 9.27. The van der Waals surface area contributed by atoms with E-state index in [1.54, 1.807) is 18.6 Å². The number of aromatic nitrogens is 5. The fourth-order valence-corrected chi connectivity index (χ4v) is 5.74. The molecule has 0 radical (unpaired) electrons. The first kappa shape index (κ1) is 25.0. The zero-order valence-electron chi connectivity index (χ0n) is 22.4. The van der Waals surface area contributed by atoms with Gasteiger partial charge in [-0.15, -0.1) is 0 Å². The number of methoxy groups -OCH3 is 1. The predicted octanol–water partition coefficient (Wildman–Crippen LogP) is 7.11. The molecule has 1 aliphatic rings. The van der Waals surface area contributed by atoms with Crippen LogP contribution in [0.2, 0.25) is 0 Å². The highest BCUT2D eigenvalue weighted by Gasteiger charge is 2.23. The van der Waals surface area contributed by atoms with Crippen molar-refractivity contribution in [2.24, 2.45) is 5.92 Å². The van der Waals surface area contributed by atoms with Crippen molar-refractivity contribution in [3.8, 4) is 39.4 Å². The molecular weight excluding hydrogens is 519 g/mol. The van der Waals surface area contributed by atoms with Gasteiger partial charge in [0.25, 0.3) is 0 Å². The van der Waals surface area contributed by atoms with E-state index in [9.17, 15) is 9.18 Å². The number of benzene rings is 2. The molecule has 8 nitrogen and oxygen atoms in total. The number of hydrogen-bond acceptors (Lipinski definition) is 5. The van der Waals surface area contributed by atoms with Crippen LogP contribution in [0.1, 0.15) is 25.7 Å². The van der Waals surface area contributed by atoms with Crippen LogP contribution >= 0.6 is 0 Å². The van der Waals surface area contributed by atoms with E-state index in [0.29, 0.717) is 17.1 Å². The number of pyridine rings is 2. The fraction of sp³-hybridized carbons (Fsp3) is 0.188. The molecule has 0 unspecified atom stereocenters. The molecule has 0 aliphatic heterocycles. The van der Waals surface area contributed by atoms with Gasteiger partial charge in [-0.25, -0.2) is 9.37 Å². The third kappa shape index (κ3) is 4.69. The summed E-state index contributed by atoms with van der Waals surface area (Å²) in [6.45, 7) is 0. The van der Waals surface area contributed by atoms with Crippen LogP contribution in [0, 0.1) is 11.7 Å². The molecule has 0 bridgehead atoms. The maximum absolute atomic E-state index is 14.3. The molecule has 0 saturated heterocycles. The molecule has 204 valence electrons. The number of H-pyrrole nitrogens is 2. The predicted molar refractivity (Wildman–Crippen MR) is 157 cm³/mol. The first-order chi connectivity index (χ1) is 20.1. The van der Waals surface area contributed by atoms with Crippen molar-refractivity contribution in [1.29, 1.82) is 0 Å². The number of nitrogens with one attached hydrogen (secondary N) is 3. The first-order valence-corrected chi connectivity index (χ1v) is 13.6. The average Bonchev–Trinajstić information content (AvgIpc) is 3.76. The van der Waals surface area contributed by atoms with E-state index in [4.69, 9.17) is 4.74 Å². The van der Waals surface area contributed by atoms with Crippen molar-refractivity contribution in [1.82, 2.24) is 25.1 Å². The molecule has 0 spiro atoms. The van der Waals surface area contributed by atoms with Gasteiger partial charge in [0.1, 0.15) is 11.6 Å². The smallest absolute Gasteiger partial charge is 0.227 e. The van der Waals surface area contributed by atoms with Crippen LogP contribution in [-0.4, -0.2) is 38.2 Å². The number of amides is 1. The Balaban J connectivity index is 1.25. The van der Waals surface area contributed by atoms with Gasteiger partial charge in [-0.3, -0.25) is 14.9 Å². The number of aromatic amines is 2. The largest absolute Gasteiger partial charge is 0.497 e. The summed E-state index contributed by atoms with van der Waals surface area (Å²) in [7, 11) is 1.53. The van der Waals surface area contributed by atoms with Gasteiger partial charge in [0.2, 0.25) is 5.91 Å². The summed E-state index contributed by atoms with van der Waals surface area (Å²) in [4.78, 5) is 25.1. The minimum Gasteiger partial charge on any atom is -0.497 e. The van der Waals surface area contributed by atoms with Crippen molar-refractivity contribution in [3.05, 3.63) is 79.0 Å². The van der Waals surface area contributed by atoms with Gasteiger partial charge in [0, 0.05) is 51.8 Å². The van der Waals surface area contributed by atoms with Crippen molar-refractivity contribution in [3.63, 3.8) is 0 Å². The highest BCUT2D eigenvalue weighted by molar-refractivity contribution is 6.01. The zero-order valence-corrected chi connectivity index (χ0v) is 22.4. The monoisotopic (exact) mass is 546 g/mol. The summed E-state index contributed by atoms with van der Waals surface area (Å²) in [5.41, 5.74) is 7.07. The molecule has 1 saturated carbocycles. The van der Waals surface area contributed by atoms with Gasteiger partial charge in [-0.1, -0.05) is 25.0 Å². The van der Waals surface area contributed by atoms with E-state index in [2.05, 4.69) is 30.5 Å². The molecule has 4 heterocycles. The lowest BCUT2D eigenvalue weighted by Gasteiger charge is -2.11. The Morgan fingerprint density at radius 3 is 2.68 bits per heavy atom. The van der Waals surface area contributed by atoms with E-state index in [-0.39, 0.29) is 17.6 Å². The van der Waals surface area contributed by atoms with Crippen LogP contribution in [-0.2, 0) is 4.79 Å². The van der Waals surface area contributed by atoms with Crippen LogP contribution in [0.4, 0.5) is 10.1 Å². The number of carbonyl (C=O) groups excluding carboxylic acids is 1. The Kier molecular flexibility index (Phi) is 6.19. The van der Waals surface area contributed by atoms with Crippen LogP contribution in [0.3, 0.4) is 0 Å². The van der Waals surface area contributed by atoms with Crippen molar-refractivity contribution in [2.75, 3.05) is 12.4 Å². The zero-order chi connectivity index (χ0) is 27.9. The van der Waals surface area contributed by atoms with E-state index in [1.807, 2.05) is 42.5 Å². The van der Waals surface area contributed by atoms with Crippen LogP contribution in [0.5, 0.6) is 5.75 Å². The molecular formula is C32H27FN6O2. The number of anilines is 1. The minimum absolute atomic E-state index is 0.0574. The molecule has 9 heteroatoms. The summed E-state index contributed by atoms with van der Waals surface area (Å²) < 4.78 is 19.6. The van der Waals surface area contributed by atoms with Crippen LogP contribution in [0.15, 0.2) is 73.2 Å². The number of ether oxygens (including phenoxy) is 1. The second-order valence-corrected chi connectivity index (χ2v) is 10.5. The molecule has 1 amide bonds. The third-order valence-electron chi connectivity index (χ3n) is 7.83. The second-order valence-electron chi connectivity index (χ2n) is 10.5.